The molecule has 0 aliphatic heterocycles. The van der Waals surface area contributed by atoms with Crippen LogP contribution >= 0.6 is 11.3 Å². The molecule has 0 fully saturated rings. The standard InChI is InChI=1S/C11H16N2OS/c1-2-5-13-11(14)7-9(8-12)10-4-3-6-15-10/h2-4,6,9H,1,5,7-8,12H2,(H,13,14). The number of amides is 1. The maximum absolute atomic E-state index is 11.5. The molecule has 1 unspecified atom stereocenters. The van der Waals surface area contributed by atoms with E-state index in [2.05, 4.69) is 11.9 Å². The molecule has 1 amide bonds. The second-order valence-electron chi connectivity index (χ2n) is 3.24. The van der Waals surface area contributed by atoms with Crippen LogP contribution in [0.25, 0.3) is 0 Å². The summed E-state index contributed by atoms with van der Waals surface area (Å²) >= 11 is 1.64. The van der Waals surface area contributed by atoms with Crippen LogP contribution in [0, 0.1) is 0 Å². The van der Waals surface area contributed by atoms with Gasteiger partial charge < -0.3 is 11.1 Å². The lowest BCUT2D eigenvalue weighted by atomic mass is 10.0. The van der Waals surface area contributed by atoms with Crippen LogP contribution in [0.5, 0.6) is 0 Å². The topological polar surface area (TPSA) is 55.1 Å². The first kappa shape index (κ1) is 11.9. The molecule has 15 heavy (non-hydrogen) atoms. The molecule has 0 saturated heterocycles. The number of hydrogen-bond donors (Lipinski definition) is 2. The monoisotopic (exact) mass is 224 g/mol. The van der Waals surface area contributed by atoms with E-state index in [1.165, 1.54) is 4.88 Å². The van der Waals surface area contributed by atoms with E-state index in [9.17, 15) is 4.79 Å². The molecule has 3 nitrogen and oxygen atoms in total. The Labute approximate surface area is 94.0 Å². The third kappa shape index (κ3) is 3.85. The number of rotatable bonds is 6. The lowest BCUT2D eigenvalue weighted by Crippen LogP contribution is -2.27. The number of thiophene rings is 1. The molecular weight excluding hydrogens is 208 g/mol. The van der Waals surface area contributed by atoms with Gasteiger partial charge >= 0.3 is 0 Å². The van der Waals surface area contributed by atoms with Crippen molar-refractivity contribution in [2.45, 2.75) is 12.3 Å². The van der Waals surface area contributed by atoms with Gasteiger partial charge in [-0.3, -0.25) is 4.79 Å². The van der Waals surface area contributed by atoms with Crippen molar-refractivity contribution < 1.29 is 4.79 Å². The Morgan fingerprint density at radius 3 is 3.07 bits per heavy atom. The van der Waals surface area contributed by atoms with E-state index < -0.39 is 0 Å². The summed E-state index contributed by atoms with van der Waals surface area (Å²) in [4.78, 5) is 12.6. The smallest absolute Gasteiger partial charge is 0.220 e. The van der Waals surface area contributed by atoms with Crippen LogP contribution in [0.4, 0.5) is 0 Å². The molecular formula is C11H16N2OS. The Bertz CT molecular complexity index is 308. The van der Waals surface area contributed by atoms with Crippen molar-refractivity contribution in [2.75, 3.05) is 13.1 Å². The average molecular weight is 224 g/mol. The van der Waals surface area contributed by atoms with Crippen molar-refractivity contribution in [3.8, 4) is 0 Å². The molecule has 1 atom stereocenters. The van der Waals surface area contributed by atoms with E-state index in [4.69, 9.17) is 5.73 Å². The molecule has 4 heteroatoms. The average Bonchev–Trinajstić information content (AvgIpc) is 2.76. The maximum atomic E-state index is 11.5. The Hall–Kier alpha value is -1.13. The summed E-state index contributed by atoms with van der Waals surface area (Å²) in [5, 5.41) is 4.75. The number of nitrogens with one attached hydrogen (secondary N) is 1. The summed E-state index contributed by atoms with van der Waals surface area (Å²) in [6.45, 7) is 4.56. The van der Waals surface area contributed by atoms with Crippen LogP contribution in [-0.2, 0) is 4.79 Å². The van der Waals surface area contributed by atoms with Gasteiger partial charge in [0.15, 0.2) is 0 Å². The predicted molar refractivity (Wildman–Crippen MR) is 63.9 cm³/mol. The van der Waals surface area contributed by atoms with Gasteiger partial charge in [-0.2, -0.15) is 0 Å². The summed E-state index contributed by atoms with van der Waals surface area (Å²) in [5.41, 5.74) is 5.65. The predicted octanol–water partition coefficient (Wildman–Crippen LogP) is 1.48. The summed E-state index contributed by atoms with van der Waals surface area (Å²) in [6, 6.07) is 3.99. The summed E-state index contributed by atoms with van der Waals surface area (Å²) in [7, 11) is 0. The van der Waals surface area contributed by atoms with Crippen LogP contribution in [-0.4, -0.2) is 19.0 Å². The molecule has 0 bridgehead atoms. The van der Waals surface area contributed by atoms with E-state index in [-0.39, 0.29) is 11.8 Å². The molecule has 1 aromatic rings. The van der Waals surface area contributed by atoms with Crippen molar-refractivity contribution in [2.24, 2.45) is 5.73 Å². The van der Waals surface area contributed by atoms with E-state index in [1.54, 1.807) is 17.4 Å². The number of nitrogens with two attached hydrogens (primary N) is 1. The Morgan fingerprint density at radius 2 is 2.53 bits per heavy atom. The van der Waals surface area contributed by atoms with Gasteiger partial charge in [-0.25, -0.2) is 0 Å². The molecule has 3 N–H and O–H groups in total. The molecule has 0 aromatic carbocycles. The van der Waals surface area contributed by atoms with Crippen LogP contribution in [0.1, 0.15) is 17.2 Å². The minimum atomic E-state index is 0.0266. The number of hydrogen-bond acceptors (Lipinski definition) is 3. The molecule has 1 heterocycles. The zero-order chi connectivity index (χ0) is 11.1. The van der Waals surface area contributed by atoms with Crippen molar-refractivity contribution in [1.29, 1.82) is 0 Å². The Morgan fingerprint density at radius 1 is 1.73 bits per heavy atom. The van der Waals surface area contributed by atoms with Crippen LogP contribution in [0.2, 0.25) is 0 Å². The third-order valence-corrected chi connectivity index (χ3v) is 3.14. The molecule has 0 saturated carbocycles. The highest BCUT2D eigenvalue weighted by Gasteiger charge is 2.14. The van der Waals surface area contributed by atoms with Gasteiger partial charge in [0.2, 0.25) is 5.91 Å². The maximum Gasteiger partial charge on any atom is 0.220 e. The Kier molecular flexibility index (Phi) is 5.07. The fourth-order valence-corrected chi connectivity index (χ4v) is 2.15. The normalized spacial score (nSPS) is 12.1. The first-order valence-corrected chi connectivity index (χ1v) is 5.77. The first-order chi connectivity index (χ1) is 7.27. The largest absolute Gasteiger partial charge is 0.353 e. The first-order valence-electron chi connectivity index (χ1n) is 4.89. The molecule has 1 aromatic heterocycles. The van der Waals surface area contributed by atoms with Gasteiger partial charge in [0, 0.05) is 30.3 Å². The van der Waals surface area contributed by atoms with Gasteiger partial charge in [-0.15, -0.1) is 17.9 Å². The zero-order valence-corrected chi connectivity index (χ0v) is 9.43. The number of carbonyl (C=O) groups excluding carboxylic acids is 1. The second-order valence-corrected chi connectivity index (χ2v) is 4.22. The highest BCUT2D eigenvalue weighted by atomic mass is 32.1. The minimum absolute atomic E-state index is 0.0266. The molecule has 0 aliphatic carbocycles. The van der Waals surface area contributed by atoms with E-state index in [1.807, 2.05) is 17.5 Å². The summed E-state index contributed by atoms with van der Waals surface area (Å²) < 4.78 is 0. The highest BCUT2D eigenvalue weighted by molar-refractivity contribution is 7.10. The van der Waals surface area contributed by atoms with Gasteiger partial charge in [0.25, 0.3) is 0 Å². The van der Waals surface area contributed by atoms with Crippen molar-refractivity contribution in [3.05, 3.63) is 35.0 Å². The van der Waals surface area contributed by atoms with Gasteiger partial charge in [-0.1, -0.05) is 12.1 Å². The van der Waals surface area contributed by atoms with Crippen LogP contribution in [0.3, 0.4) is 0 Å². The van der Waals surface area contributed by atoms with Crippen molar-refractivity contribution in [3.63, 3.8) is 0 Å². The quantitative estimate of drug-likeness (QED) is 0.719. The van der Waals surface area contributed by atoms with Gasteiger partial charge in [-0.05, 0) is 11.4 Å². The molecule has 0 spiro atoms. The zero-order valence-electron chi connectivity index (χ0n) is 8.61. The minimum Gasteiger partial charge on any atom is -0.353 e. The highest BCUT2D eigenvalue weighted by Crippen LogP contribution is 2.23. The molecule has 0 aliphatic rings. The molecule has 82 valence electrons. The summed E-state index contributed by atoms with van der Waals surface area (Å²) in [6.07, 6.45) is 2.12. The van der Waals surface area contributed by atoms with Crippen molar-refractivity contribution in [1.82, 2.24) is 5.32 Å². The second kappa shape index (κ2) is 6.37. The molecule has 1 rings (SSSR count). The van der Waals surface area contributed by atoms with Crippen LogP contribution < -0.4 is 11.1 Å². The van der Waals surface area contributed by atoms with E-state index in [0.717, 1.165) is 0 Å². The lowest BCUT2D eigenvalue weighted by Gasteiger charge is -2.12. The van der Waals surface area contributed by atoms with Crippen LogP contribution in [0.15, 0.2) is 30.2 Å². The summed E-state index contributed by atoms with van der Waals surface area (Å²) in [5.74, 6) is 0.161. The van der Waals surface area contributed by atoms with E-state index in [0.29, 0.717) is 19.5 Å². The number of carbonyl (C=O) groups is 1. The van der Waals surface area contributed by atoms with Gasteiger partial charge in [0.1, 0.15) is 0 Å². The fraction of sp³-hybridized carbons (Fsp3) is 0.364. The van der Waals surface area contributed by atoms with Crippen molar-refractivity contribution >= 4 is 17.2 Å². The molecule has 0 radical (unpaired) electrons. The Balaban J connectivity index is 2.47. The van der Waals surface area contributed by atoms with Gasteiger partial charge in [0.05, 0.1) is 0 Å². The SMILES string of the molecule is C=CCNC(=O)CC(CN)c1cccs1. The fourth-order valence-electron chi connectivity index (χ4n) is 1.31. The third-order valence-electron chi connectivity index (χ3n) is 2.11. The van der Waals surface area contributed by atoms with E-state index >= 15 is 0 Å². The lowest BCUT2D eigenvalue weighted by molar-refractivity contribution is -0.121.